The molecule has 0 saturated carbocycles. The Balaban J connectivity index is 4.32. The van der Waals surface area contributed by atoms with Crippen LogP contribution in [0.4, 0.5) is 0 Å². The van der Waals surface area contributed by atoms with Crippen molar-refractivity contribution in [2.24, 2.45) is 0 Å². The van der Waals surface area contributed by atoms with Gasteiger partial charge in [-0.15, -0.1) is 0 Å². The van der Waals surface area contributed by atoms with Crippen molar-refractivity contribution in [2.75, 3.05) is 13.2 Å². The highest BCUT2D eigenvalue weighted by Crippen LogP contribution is 2.18. The average molecular weight is 1130 g/mol. The van der Waals surface area contributed by atoms with Crippen molar-refractivity contribution in [1.82, 2.24) is 0 Å². The molecule has 81 heavy (non-hydrogen) atoms. The lowest BCUT2D eigenvalue weighted by Gasteiger charge is -2.18. The number of esters is 3. The first-order valence-corrected chi connectivity index (χ1v) is 35.1. The summed E-state index contributed by atoms with van der Waals surface area (Å²) in [5.74, 6) is -0.861. The van der Waals surface area contributed by atoms with Gasteiger partial charge in [0.05, 0.1) is 0 Å². The van der Waals surface area contributed by atoms with Crippen LogP contribution in [0, 0.1) is 0 Å². The molecule has 6 heteroatoms. The lowest BCUT2D eigenvalue weighted by atomic mass is 10.0. The molecule has 0 spiro atoms. The summed E-state index contributed by atoms with van der Waals surface area (Å²) in [6, 6.07) is 0. The molecular weight excluding hydrogens is 997 g/mol. The second-order valence-electron chi connectivity index (χ2n) is 23.4. The van der Waals surface area contributed by atoms with E-state index in [1.807, 2.05) is 0 Å². The van der Waals surface area contributed by atoms with E-state index in [4.69, 9.17) is 14.2 Å². The van der Waals surface area contributed by atoms with Crippen LogP contribution in [0.3, 0.4) is 0 Å². The number of allylic oxidation sites excluding steroid dienone is 14. The highest BCUT2D eigenvalue weighted by molar-refractivity contribution is 5.71. The maximum Gasteiger partial charge on any atom is 0.306 e. The third kappa shape index (κ3) is 67.3. The number of unbranched alkanes of at least 4 members (excludes halogenated alkanes) is 39. The van der Waals surface area contributed by atoms with Gasteiger partial charge in [-0.05, 0) is 96.3 Å². The van der Waals surface area contributed by atoms with Crippen LogP contribution in [0.2, 0.25) is 0 Å². The SMILES string of the molecule is CC/C=C\C/C=C\C/C=C\C/C=C\C/C=C\CCCCCCCCCCCCCC(=O)OCC(COC(=O)CCCCCCCCCCCCCCCCCCC)OC(=O)CCCCCCCCCCC/C=C\C/C=C\CCCCC. The summed E-state index contributed by atoms with van der Waals surface area (Å²) in [6.07, 6.45) is 91.7. The van der Waals surface area contributed by atoms with Crippen LogP contribution in [-0.4, -0.2) is 37.2 Å². The van der Waals surface area contributed by atoms with Crippen molar-refractivity contribution >= 4 is 17.9 Å². The van der Waals surface area contributed by atoms with Gasteiger partial charge in [0.25, 0.3) is 0 Å². The quantitative estimate of drug-likeness (QED) is 0.0261. The molecule has 0 N–H and O–H groups in total. The molecule has 0 fully saturated rings. The Morgan fingerprint density at radius 2 is 0.481 bits per heavy atom. The molecule has 6 nitrogen and oxygen atoms in total. The van der Waals surface area contributed by atoms with Gasteiger partial charge in [-0.25, -0.2) is 0 Å². The zero-order chi connectivity index (χ0) is 58.5. The third-order valence-electron chi connectivity index (χ3n) is 15.4. The molecule has 0 saturated heterocycles. The van der Waals surface area contributed by atoms with E-state index in [1.54, 1.807) is 0 Å². The lowest BCUT2D eigenvalue weighted by molar-refractivity contribution is -0.167. The fourth-order valence-electron chi connectivity index (χ4n) is 10.2. The molecule has 0 aliphatic rings. The van der Waals surface area contributed by atoms with Crippen LogP contribution in [0.1, 0.15) is 355 Å². The Labute approximate surface area is 503 Å². The Morgan fingerprint density at radius 3 is 0.778 bits per heavy atom. The van der Waals surface area contributed by atoms with E-state index in [0.29, 0.717) is 19.3 Å². The number of hydrogen-bond donors (Lipinski definition) is 0. The van der Waals surface area contributed by atoms with Crippen LogP contribution in [0.15, 0.2) is 85.1 Å². The molecule has 0 bridgehead atoms. The van der Waals surface area contributed by atoms with Crippen molar-refractivity contribution in [3.63, 3.8) is 0 Å². The maximum absolute atomic E-state index is 13.0. The smallest absolute Gasteiger partial charge is 0.306 e. The van der Waals surface area contributed by atoms with E-state index in [2.05, 4.69) is 106 Å². The van der Waals surface area contributed by atoms with Gasteiger partial charge in [0.1, 0.15) is 13.2 Å². The predicted molar refractivity (Wildman–Crippen MR) is 353 cm³/mol. The molecule has 0 rings (SSSR count). The van der Waals surface area contributed by atoms with E-state index in [0.717, 1.165) is 96.3 Å². The van der Waals surface area contributed by atoms with Crippen LogP contribution >= 0.6 is 0 Å². The van der Waals surface area contributed by atoms with Crippen molar-refractivity contribution in [3.8, 4) is 0 Å². The monoisotopic (exact) mass is 1130 g/mol. The third-order valence-corrected chi connectivity index (χ3v) is 15.4. The van der Waals surface area contributed by atoms with E-state index in [-0.39, 0.29) is 31.1 Å². The van der Waals surface area contributed by atoms with Crippen LogP contribution in [0.5, 0.6) is 0 Å². The van der Waals surface area contributed by atoms with Crippen molar-refractivity contribution in [2.45, 2.75) is 361 Å². The number of carbonyl (C=O) groups excluding carboxylic acids is 3. The normalized spacial score (nSPS) is 12.6. The fourth-order valence-corrected chi connectivity index (χ4v) is 10.2. The van der Waals surface area contributed by atoms with Crippen molar-refractivity contribution in [1.29, 1.82) is 0 Å². The fraction of sp³-hybridized carbons (Fsp3) is 0.773. The summed E-state index contributed by atoms with van der Waals surface area (Å²) in [7, 11) is 0. The van der Waals surface area contributed by atoms with E-state index >= 15 is 0 Å². The summed E-state index contributed by atoms with van der Waals surface area (Å²) < 4.78 is 17.0. The molecule has 1 atom stereocenters. The Hall–Kier alpha value is -3.41. The highest BCUT2D eigenvalue weighted by atomic mass is 16.6. The molecule has 0 aromatic carbocycles. The molecule has 1 unspecified atom stereocenters. The molecule has 0 aromatic heterocycles. The summed E-state index contributed by atoms with van der Waals surface area (Å²) in [5, 5.41) is 0. The second-order valence-corrected chi connectivity index (χ2v) is 23.4. The van der Waals surface area contributed by atoms with E-state index in [1.165, 1.54) is 218 Å². The molecular formula is C75H132O6. The molecule has 468 valence electrons. The minimum atomic E-state index is -0.780. The average Bonchev–Trinajstić information content (AvgIpc) is 3.47. The Morgan fingerprint density at radius 1 is 0.259 bits per heavy atom. The van der Waals surface area contributed by atoms with Gasteiger partial charge in [0.15, 0.2) is 6.10 Å². The number of rotatable bonds is 64. The van der Waals surface area contributed by atoms with Gasteiger partial charge in [-0.3, -0.25) is 14.4 Å². The molecule has 0 aromatic rings. The van der Waals surface area contributed by atoms with Gasteiger partial charge in [0.2, 0.25) is 0 Å². The predicted octanol–water partition coefficient (Wildman–Crippen LogP) is 24.2. The van der Waals surface area contributed by atoms with Crippen LogP contribution < -0.4 is 0 Å². The minimum absolute atomic E-state index is 0.0747. The highest BCUT2D eigenvalue weighted by Gasteiger charge is 2.19. The van der Waals surface area contributed by atoms with Gasteiger partial charge in [0, 0.05) is 19.3 Å². The first-order valence-electron chi connectivity index (χ1n) is 35.1. The van der Waals surface area contributed by atoms with E-state index < -0.39 is 6.10 Å². The zero-order valence-corrected chi connectivity index (χ0v) is 53.8. The second kappa shape index (κ2) is 69.1. The lowest BCUT2D eigenvalue weighted by Crippen LogP contribution is -2.30. The minimum Gasteiger partial charge on any atom is -0.462 e. The molecule has 0 aliphatic carbocycles. The van der Waals surface area contributed by atoms with Gasteiger partial charge in [-0.1, -0.05) is 324 Å². The zero-order valence-electron chi connectivity index (χ0n) is 53.8. The Bertz CT molecular complexity index is 1530. The van der Waals surface area contributed by atoms with Gasteiger partial charge < -0.3 is 14.2 Å². The maximum atomic E-state index is 13.0. The van der Waals surface area contributed by atoms with Crippen molar-refractivity contribution < 1.29 is 28.6 Å². The molecule has 0 amide bonds. The molecule has 0 aliphatic heterocycles. The molecule has 0 heterocycles. The summed E-state index contributed by atoms with van der Waals surface area (Å²) in [5.41, 5.74) is 0. The van der Waals surface area contributed by atoms with Gasteiger partial charge in [-0.2, -0.15) is 0 Å². The standard InChI is InChI=1S/C75H132O6/c1-4-7-10-13-16-19-22-25-28-31-33-34-35-36-37-38-39-40-42-44-47-50-53-56-59-62-65-68-74(77)80-71-72(70-79-73(76)67-64-61-58-55-52-49-46-43-30-27-24-21-18-15-12-9-6-3)81-75(78)69-66-63-60-57-54-51-48-45-41-32-29-26-23-20-17-14-11-8-5-2/h7,10,16-17,19-20,25-26,28-29,33-34,36-37,72H,4-6,8-9,11-15,18,21-24,27,30-32,35,38-71H2,1-3H3/b10-7-,19-16-,20-17-,28-25-,29-26-,34-33-,37-36-. The topological polar surface area (TPSA) is 78.9 Å². The molecule has 0 radical (unpaired) electrons. The number of hydrogen-bond acceptors (Lipinski definition) is 6. The Kier molecular flexibility index (Phi) is 66.2. The first-order chi connectivity index (χ1) is 40.0. The summed E-state index contributed by atoms with van der Waals surface area (Å²) >= 11 is 0. The summed E-state index contributed by atoms with van der Waals surface area (Å²) in [4.78, 5) is 38.5. The van der Waals surface area contributed by atoms with Crippen molar-refractivity contribution in [3.05, 3.63) is 85.1 Å². The largest absolute Gasteiger partial charge is 0.462 e. The number of ether oxygens (including phenoxy) is 3. The number of carbonyl (C=O) groups is 3. The summed E-state index contributed by atoms with van der Waals surface area (Å²) in [6.45, 7) is 6.55. The van der Waals surface area contributed by atoms with Gasteiger partial charge >= 0.3 is 17.9 Å². The van der Waals surface area contributed by atoms with E-state index in [9.17, 15) is 14.4 Å². The van der Waals surface area contributed by atoms with Crippen LogP contribution in [0.25, 0.3) is 0 Å². The first kappa shape index (κ1) is 77.6. The van der Waals surface area contributed by atoms with Crippen LogP contribution in [-0.2, 0) is 28.6 Å².